The molecule has 2 aromatic rings. The largest absolute Gasteiger partial charge is 0.496 e. The van der Waals surface area contributed by atoms with Gasteiger partial charge < -0.3 is 10.5 Å². The first-order chi connectivity index (χ1) is 11.9. The standard InChI is InChI=1S/C17H16F3N3OS/c1-24-15-9-13(7-8-14(15)17(18,19)20)10-22-23-16(21)25-11-12-5-3-2-4-6-12/h2-10H,11H2,1H3,(H2,21,23). The molecule has 2 aromatic carbocycles. The van der Waals surface area contributed by atoms with Crippen LogP contribution in [0.5, 0.6) is 5.75 Å². The van der Waals surface area contributed by atoms with Crippen LogP contribution in [0.25, 0.3) is 0 Å². The van der Waals surface area contributed by atoms with Crippen LogP contribution in [-0.2, 0) is 11.9 Å². The molecule has 0 atom stereocenters. The van der Waals surface area contributed by atoms with Gasteiger partial charge >= 0.3 is 6.18 Å². The first kappa shape index (κ1) is 18.9. The van der Waals surface area contributed by atoms with Crippen LogP contribution < -0.4 is 10.5 Å². The van der Waals surface area contributed by atoms with Gasteiger partial charge in [0.2, 0.25) is 0 Å². The highest BCUT2D eigenvalue weighted by Crippen LogP contribution is 2.36. The van der Waals surface area contributed by atoms with Gasteiger partial charge in [-0.3, -0.25) is 0 Å². The molecular formula is C17H16F3N3OS. The maximum absolute atomic E-state index is 12.8. The summed E-state index contributed by atoms with van der Waals surface area (Å²) in [5.74, 6) is 0.381. The summed E-state index contributed by atoms with van der Waals surface area (Å²) in [6.45, 7) is 0. The minimum absolute atomic E-state index is 0.263. The molecule has 0 bridgehead atoms. The predicted octanol–water partition coefficient (Wildman–Crippen LogP) is 4.30. The van der Waals surface area contributed by atoms with E-state index in [1.165, 1.54) is 37.2 Å². The van der Waals surface area contributed by atoms with Crippen molar-refractivity contribution in [2.24, 2.45) is 15.9 Å². The molecule has 2 rings (SSSR count). The molecule has 4 nitrogen and oxygen atoms in total. The molecule has 2 N–H and O–H groups in total. The molecule has 0 fully saturated rings. The van der Waals surface area contributed by atoms with Crippen LogP contribution in [0.15, 0.2) is 58.7 Å². The highest BCUT2D eigenvalue weighted by Gasteiger charge is 2.34. The van der Waals surface area contributed by atoms with Crippen molar-refractivity contribution in [3.05, 3.63) is 65.2 Å². The van der Waals surface area contributed by atoms with Crippen LogP contribution in [0.2, 0.25) is 0 Å². The Bertz CT molecular complexity index is 761. The van der Waals surface area contributed by atoms with E-state index in [-0.39, 0.29) is 10.9 Å². The lowest BCUT2D eigenvalue weighted by Crippen LogP contribution is -2.07. The van der Waals surface area contributed by atoms with Gasteiger partial charge in [0.05, 0.1) is 18.9 Å². The lowest BCUT2D eigenvalue weighted by molar-refractivity contribution is -0.138. The third-order valence-electron chi connectivity index (χ3n) is 3.12. The fourth-order valence-electron chi connectivity index (χ4n) is 1.94. The fraction of sp³-hybridized carbons (Fsp3) is 0.176. The molecule has 25 heavy (non-hydrogen) atoms. The third-order valence-corrected chi connectivity index (χ3v) is 3.98. The number of ether oxygens (including phenoxy) is 1. The summed E-state index contributed by atoms with van der Waals surface area (Å²) in [5.41, 5.74) is 6.43. The van der Waals surface area contributed by atoms with E-state index >= 15 is 0 Å². The second-order valence-corrected chi connectivity index (χ2v) is 5.91. The van der Waals surface area contributed by atoms with Gasteiger partial charge in [-0.1, -0.05) is 48.2 Å². The average molecular weight is 367 g/mol. The summed E-state index contributed by atoms with van der Waals surface area (Å²) >= 11 is 1.32. The zero-order valence-corrected chi connectivity index (χ0v) is 14.1. The predicted molar refractivity (Wildman–Crippen MR) is 94.9 cm³/mol. The lowest BCUT2D eigenvalue weighted by Gasteiger charge is -2.11. The topological polar surface area (TPSA) is 60.0 Å². The van der Waals surface area contributed by atoms with E-state index in [9.17, 15) is 13.2 Å². The van der Waals surface area contributed by atoms with Gasteiger partial charge in [0.25, 0.3) is 0 Å². The van der Waals surface area contributed by atoms with Gasteiger partial charge in [-0.2, -0.15) is 18.3 Å². The van der Waals surface area contributed by atoms with Crippen LogP contribution in [-0.4, -0.2) is 18.5 Å². The first-order valence-corrected chi connectivity index (χ1v) is 8.17. The minimum atomic E-state index is -4.47. The van der Waals surface area contributed by atoms with Gasteiger partial charge in [-0.25, -0.2) is 0 Å². The molecule has 0 saturated heterocycles. The second kappa shape index (κ2) is 8.57. The highest BCUT2D eigenvalue weighted by atomic mass is 32.2. The number of hydrogen-bond acceptors (Lipinski definition) is 4. The zero-order valence-electron chi connectivity index (χ0n) is 13.3. The second-order valence-electron chi connectivity index (χ2n) is 4.91. The molecule has 0 spiro atoms. The van der Waals surface area contributed by atoms with Crippen molar-refractivity contribution in [3.8, 4) is 5.75 Å². The molecule has 0 aliphatic rings. The van der Waals surface area contributed by atoms with Crippen LogP contribution in [0.4, 0.5) is 13.2 Å². The summed E-state index contributed by atoms with van der Waals surface area (Å²) in [6.07, 6.45) is -3.16. The van der Waals surface area contributed by atoms with Crippen molar-refractivity contribution in [3.63, 3.8) is 0 Å². The molecule has 0 amide bonds. The van der Waals surface area contributed by atoms with E-state index in [1.54, 1.807) is 0 Å². The maximum Gasteiger partial charge on any atom is 0.419 e. The number of alkyl halides is 3. The average Bonchev–Trinajstić information content (AvgIpc) is 2.60. The van der Waals surface area contributed by atoms with Crippen molar-refractivity contribution >= 4 is 23.1 Å². The third kappa shape index (κ3) is 5.82. The Morgan fingerprint density at radius 1 is 1.20 bits per heavy atom. The van der Waals surface area contributed by atoms with E-state index < -0.39 is 11.7 Å². The number of benzene rings is 2. The number of halogens is 3. The van der Waals surface area contributed by atoms with Gasteiger partial charge in [0.15, 0.2) is 5.17 Å². The monoisotopic (exact) mass is 367 g/mol. The Hall–Kier alpha value is -2.48. The molecule has 8 heteroatoms. The van der Waals surface area contributed by atoms with Gasteiger partial charge in [-0.15, -0.1) is 5.10 Å². The number of methoxy groups -OCH3 is 1. The van der Waals surface area contributed by atoms with Crippen molar-refractivity contribution in [1.29, 1.82) is 0 Å². The molecular weight excluding hydrogens is 351 g/mol. The number of nitrogens with two attached hydrogens (primary N) is 1. The van der Waals surface area contributed by atoms with Gasteiger partial charge in [-0.05, 0) is 23.3 Å². The summed E-state index contributed by atoms with van der Waals surface area (Å²) in [7, 11) is 1.18. The molecule has 132 valence electrons. The van der Waals surface area contributed by atoms with E-state index in [1.807, 2.05) is 30.3 Å². The van der Waals surface area contributed by atoms with Crippen LogP contribution >= 0.6 is 11.8 Å². The smallest absolute Gasteiger partial charge is 0.419 e. The number of amidine groups is 1. The van der Waals surface area contributed by atoms with Crippen molar-refractivity contribution in [1.82, 2.24) is 0 Å². The Balaban J connectivity index is 2.01. The maximum atomic E-state index is 12.8. The Morgan fingerprint density at radius 3 is 2.56 bits per heavy atom. The highest BCUT2D eigenvalue weighted by molar-refractivity contribution is 8.13. The van der Waals surface area contributed by atoms with Crippen molar-refractivity contribution < 1.29 is 17.9 Å². The van der Waals surface area contributed by atoms with Crippen molar-refractivity contribution in [2.45, 2.75) is 11.9 Å². The Labute approximate surface area is 147 Å². The summed E-state index contributed by atoms with van der Waals surface area (Å²) in [5, 5.41) is 7.89. The van der Waals surface area contributed by atoms with Crippen LogP contribution in [0.1, 0.15) is 16.7 Å². The van der Waals surface area contributed by atoms with E-state index in [0.717, 1.165) is 11.6 Å². The zero-order chi connectivity index (χ0) is 18.3. The summed E-state index contributed by atoms with van der Waals surface area (Å²) in [4.78, 5) is 0. The molecule has 0 heterocycles. The fourth-order valence-corrected chi connectivity index (χ4v) is 2.55. The Morgan fingerprint density at radius 2 is 1.92 bits per heavy atom. The first-order valence-electron chi connectivity index (χ1n) is 7.18. The number of thioether (sulfide) groups is 1. The van der Waals surface area contributed by atoms with E-state index in [2.05, 4.69) is 10.2 Å². The van der Waals surface area contributed by atoms with E-state index in [4.69, 9.17) is 10.5 Å². The quantitative estimate of drug-likeness (QED) is 0.487. The molecule has 0 saturated carbocycles. The molecule has 0 aliphatic carbocycles. The van der Waals surface area contributed by atoms with Crippen LogP contribution in [0, 0.1) is 0 Å². The van der Waals surface area contributed by atoms with Crippen LogP contribution in [0.3, 0.4) is 0 Å². The summed E-state index contributed by atoms with van der Waals surface area (Å²) in [6, 6.07) is 13.2. The number of nitrogens with zero attached hydrogens (tertiary/aromatic N) is 2. The van der Waals surface area contributed by atoms with Gasteiger partial charge in [0, 0.05) is 5.75 Å². The molecule has 0 aliphatic heterocycles. The normalized spacial score (nSPS) is 12.6. The van der Waals surface area contributed by atoms with Gasteiger partial charge in [0.1, 0.15) is 5.75 Å². The van der Waals surface area contributed by atoms with E-state index in [0.29, 0.717) is 11.3 Å². The Kier molecular flexibility index (Phi) is 6.46. The number of hydrogen-bond donors (Lipinski definition) is 1. The molecule has 0 unspecified atom stereocenters. The molecule has 0 aromatic heterocycles. The molecule has 0 radical (unpaired) electrons. The lowest BCUT2D eigenvalue weighted by atomic mass is 10.1. The number of rotatable bonds is 5. The van der Waals surface area contributed by atoms with Crippen molar-refractivity contribution in [2.75, 3.05) is 7.11 Å². The summed E-state index contributed by atoms with van der Waals surface area (Å²) < 4.78 is 43.2. The SMILES string of the molecule is COc1cc(C=NN=C(N)SCc2ccccc2)ccc1C(F)(F)F. The minimum Gasteiger partial charge on any atom is -0.496 e.